The third-order valence-electron chi connectivity index (χ3n) is 4.64. The van der Waals surface area contributed by atoms with Gasteiger partial charge in [-0.3, -0.25) is 4.99 Å². The third kappa shape index (κ3) is 6.29. The van der Waals surface area contributed by atoms with Crippen LogP contribution in [0.2, 0.25) is 0 Å². The Hall–Kier alpha value is -2.53. The zero-order valence-corrected chi connectivity index (χ0v) is 16.0. The number of benzene rings is 2. The van der Waals surface area contributed by atoms with Crippen molar-refractivity contribution < 1.29 is 9.47 Å². The number of para-hydroxylation sites is 1. The highest BCUT2D eigenvalue weighted by atomic mass is 16.5. The van der Waals surface area contributed by atoms with E-state index in [9.17, 15) is 0 Å². The second-order valence-electron chi connectivity index (χ2n) is 6.63. The summed E-state index contributed by atoms with van der Waals surface area (Å²) in [6.07, 6.45) is 2.27. The first-order chi connectivity index (χ1) is 13.3. The van der Waals surface area contributed by atoms with E-state index in [-0.39, 0.29) is 6.10 Å². The Morgan fingerprint density at radius 1 is 1.04 bits per heavy atom. The summed E-state index contributed by atoms with van der Waals surface area (Å²) in [5.41, 5.74) is 1.20. The summed E-state index contributed by atoms with van der Waals surface area (Å²) < 4.78 is 11.8. The molecular weight excluding hydrogens is 338 g/mol. The predicted octanol–water partition coefficient (Wildman–Crippen LogP) is 3.32. The van der Waals surface area contributed by atoms with E-state index in [0.29, 0.717) is 13.2 Å². The summed E-state index contributed by atoms with van der Waals surface area (Å²) in [6.45, 7) is 3.94. The van der Waals surface area contributed by atoms with Crippen molar-refractivity contribution >= 4 is 5.96 Å². The van der Waals surface area contributed by atoms with E-state index in [1.807, 2.05) is 55.6 Å². The smallest absolute Gasteiger partial charge is 0.193 e. The normalized spacial score (nSPS) is 15.6. The topological polar surface area (TPSA) is 46.1 Å². The number of nitrogens with one attached hydrogen (secondary N) is 1. The fourth-order valence-corrected chi connectivity index (χ4v) is 3.21. The van der Waals surface area contributed by atoms with Gasteiger partial charge in [-0.1, -0.05) is 48.5 Å². The summed E-state index contributed by atoms with van der Waals surface area (Å²) >= 11 is 0. The van der Waals surface area contributed by atoms with Crippen molar-refractivity contribution in [3.8, 4) is 5.75 Å². The maximum Gasteiger partial charge on any atom is 0.193 e. The molecule has 1 saturated heterocycles. The van der Waals surface area contributed by atoms with E-state index in [4.69, 9.17) is 9.47 Å². The van der Waals surface area contributed by atoms with E-state index in [0.717, 1.165) is 44.2 Å². The first-order valence-corrected chi connectivity index (χ1v) is 9.64. The molecule has 27 heavy (non-hydrogen) atoms. The quantitative estimate of drug-likeness (QED) is 0.463. The molecule has 1 N–H and O–H groups in total. The van der Waals surface area contributed by atoms with E-state index in [1.54, 1.807) is 0 Å². The molecule has 5 heteroatoms. The van der Waals surface area contributed by atoms with Crippen LogP contribution in [0.3, 0.4) is 0 Å². The van der Waals surface area contributed by atoms with Crippen LogP contribution in [-0.4, -0.2) is 50.3 Å². The molecular formula is C22H29N3O2. The van der Waals surface area contributed by atoms with Crippen LogP contribution in [0, 0.1) is 0 Å². The summed E-state index contributed by atoms with van der Waals surface area (Å²) in [5.74, 6) is 1.89. The highest BCUT2D eigenvalue weighted by Gasteiger charge is 2.22. The first-order valence-electron chi connectivity index (χ1n) is 9.64. The van der Waals surface area contributed by atoms with Gasteiger partial charge in [0.1, 0.15) is 11.9 Å². The highest BCUT2D eigenvalue weighted by molar-refractivity contribution is 5.79. The van der Waals surface area contributed by atoms with Crippen LogP contribution < -0.4 is 10.1 Å². The van der Waals surface area contributed by atoms with Crippen molar-refractivity contribution in [2.45, 2.75) is 25.6 Å². The summed E-state index contributed by atoms with van der Waals surface area (Å²) in [6, 6.07) is 20.3. The van der Waals surface area contributed by atoms with Crippen LogP contribution in [0.5, 0.6) is 5.75 Å². The fraction of sp³-hybridized carbons (Fsp3) is 0.409. The molecule has 0 radical (unpaired) electrons. The van der Waals surface area contributed by atoms with Crippen molar-refractivity contribution in [1.82, 2.24) is 10.2 Å². The third-order valence-corrected chi connectivity index (χ3v) is 4.64. The van der Waals surface area contributed by atoms with E-state index in [2.05, 4.69) is 27.3 Å². The molecule has 5 nitrogen and oxygen atoms in total. The van der Waals surface area contributed by atoms with Crippen LogP contribution in [0.25, 0.3) is 0 Å². The minimum atomic E-state index is 0.274. The molecule has 0 atom stereocenters. The van der Waals surface area contributed by atoms with Crippen LogP contribution in [0.15, 0.2) is 65.7 Å². The zero-order chi connectivity index (χ0) is 18.7. The number of aliphatic imine (C=N–C) groups is 1. The first kappa shape index (κ1) is 19.2. The van der Waals surface area contributed by atoms with Crippen molar-refractivity contribution in [3.63, 3.8) is 0 Å². The molecule has 0 unspecified atom stereocenters. The molecule has 1 aliphatic rings. The van der Waals surface area contributed by atoms with Gasteiger partial charge in [0, 0.05) is 39.5 Å². The van der Waals surface area contributed by atoms with Gasteiger partial charge in [0.25, 0.3) is 0 Å². The molecule has 0 spiro atoms. The van der Waals surface area contributed by atoms with Crippen LogP contribution in [-0.2, 0) is 11.3 Å². The molecule has 144 valence electrons. The summed E-state index contributed by atoms with van der Waals surface area (Å²) in [7, 11) is 1.83. The SMILES string of the molecule is CN=C(NCCOCc1ccccc1)N1CCC(Oc2ccccc2)CC1. The van der Waals surface area contributed by atoms with Crippen molar-refractivity contribution in [3.05, 3.63) is 66.2 Å². The molecule has 0 aromatic heterocycles. The Kier molecular flexibility index (Phi) is 7.54. The second kappa shape index (κ2) is 10.6. The lowest BCUT2D eigenvalue weighted by Crippen LogP contribution is -2.48. The number of hydrogen-bond acceptors (Lipinski definition) is 3. The number of likely N-dealkylation sites (tertiary alicyclic amines) is 1. The van der Waals surface area contributed by atoms with Gasteiger partial charge in [-0.2, -0.15) is 0 Å². The lowest BCUT2D eigenvalue weighted by atomic mass is 10.1. The zero-order valence-electron chi connectivity index (χ0n) is 16.0. The standard InChI is InChI=1S/C22H29N3O2/c1-23-22(24-14-17-26-18-19-8-4-2-5-9-19)25-15-12-21(13-16-25)27-20-10-6-3-7-11-20/h2-11,21H,12-18H2,1H3,(H,23,24). The molecule has 0 aliphatic carbocycles. The average Bonchev–Trinajstić information content (AvgIpc) is 2.73. The lowest BCUT2D eigenvalue weighted by Gasteiger charge is -2.34. The monoisotopic (exact) mass is 367 g/mol. The van der Waals surface area contributed by atoms with Crippen LogP contribution in [0.4, 0.5) is 0 Å². The summed E-state index contributed by atoms with van der Waals surface area (Å²) in [5, 5.41) is 3.40. The van der Waals surface area contributed by atoms with Gasteiger partial charge < -0.3 is 19.7 Å². The van der Waals surface area contributed by atoms with Gasteiger partial charge in [0.15, 0.2) is 5.96 Å². The Labute approximate surface area is 162 Å². The molecule has 0 saturated carbocycles. The van der Waals surface area contributed by atoms with Gasteiger partial charge in [0.05, 0.1) is 13.2 Å². The fourth-order valence-electron chi connectivity index (χ4n) is 3.21. The van der Waals surface area contributed by atoms with E-state index >= 15 is 0 Å². The number of piperidine rings is 1. The molecule has 0 amide bonds. The lowest BCUT2D eigenvalue weighted by molar-refractivity contribution is 0.120. The van der Waals surface area contributed by atoms with Gasteiger partial charge in [-0.25, -0.2) is 0 Å². The number of rotatable bonds is 7. The molecule has 2 aromatic carbocycles. The molecule has 3 rings (SSSR count). The minimum Gasteiger partial charge on any atom is -0.490 e. The maximum atomic E-state index is 6.07. The highest BCUT2D eigenvalue weighted by Crippen LogP contribution is 2.18. The Bertz CT molecular complexity index is 683. The number of ether oxygens (including phenoxy) is 2. The van der Waals surface area contributed by atoms with Crippen LogP contribution >= 0.6 is 0 Å². The summed E-state index contributed by atoms with van der Waals surface area (Å²) in [4.78, 5) is 6.71. The Morgan fingerprint density at radius 2 is 1.70 bits per heavy atom. The Balaban J connectivity index is 1.34. The van der Waals surface area contributed by atoms with Gasteiger partial charge in [-0.05, 0) is 17.7 Å². The number of guanidine groups is 1. The van der Waals surface area contributed by atoms with Gasteiger partial charge in [0.2, 0.25) is 0 Å². The minimum absolute atomic E-state index is 0.274. The Morgan fingerprint density at radius 3 is 2.37 bits per heavy atom. The van der Waals surface area contributed by atoms with Gasteiger partial charge in [-0.15, -0.1) is 0 Å². The van der Waals surface area contributed by atoms with E-state index < -0.39 is 0 Å². The number of nitrogens with zero attached hydrogens (tertiary/aromatic N) is 2. The average molecular weight is 367 g/mol. The molecule has 1 aliphatic heterocycles. The predicted molar refractivity (Wildman–Crippen MR) is 109 cm³/mol. The second-order valence-corrected chi connectivity index (χ2v) is 6.63. The molecule has 0 bridgehead atoms. The molecule has 2 aromatic rings. The number of hydrogen-bond donors (Lipinski definition) is 1. The van der Waals surface area contributed by atoms with Crippen molar-refractivity contribution in [1.29, 1.82) is 0 Å². The van der Waals surface area contributed by atoms with E-state index in [1.165, 1.54) is 5.56 Å². The van der Waals surface area contributed by atoms with Crippen LogP contribution in [0.1, 0.15) is 18.4 Å². The molecule has 1 heterocycles. The van der Waals surface area contributed by atoms with Crippen molar-refractivity contribution in [2.24, 2.45) is 4.99 Å². The maximum absolute atomic E-state index is 6.07. The molecule has 1 fully saturated rings. The van der Waals surface area contributed by atoms with Gasteiger partial charge >= 0.3 is 0 Å². The largest absolute Gasteiger partial charge is 0.490 e. The van der Waals surface area contributed by atoms with Crippen molar-refractivity contribution in [2.75, 3.05) is 33.3 Å².